The monoisotopic (exact) mass is 489 g/mol. The summed E-state index contributed by atoms with van der Waals surface area (Å²) in [7, 11) is 0. The Hall–Kier alpha value is -2.19. The van der Waals surface area contributed by atoms with Crippen LogP contribution in [0.1, 0.15) is 59.8 Å². The largest absolute Gasteiger partial charge is 0.396 e. The molecule has 2 bridgehead atoms. The number of hydrogen-bond acceptors (Lipinski definition) is 5. The number of unbranched alkanes of at least 4 members (excludes halogenated alkanes) is 1. The van der Waals surface area contributed by atoms with Gasteiger partial charge in [0.15, 0.2) is 0 Å². The van der Waals surface area contributed by atoms with E-state index in [1.54, 1.807) is 26.9 Å². The second-order valence-corrected chi connectivity index (χ2v) is 10.6. The van der Waals surface area contributed by atoms with E-state index in [0.29, 0.717) is 51.9 Å². The molecule has 8 nitrogen and oxygen atoms in total. The molecule has 3 aliphatic rings. The lowest BCUT2D eigenvalue weighted by molar-refractivity contribution is -0.154. The summed E-state index contributed by atoms with van der Waals surface area (Å²) in [5.41, 5.74) is -1.82. The Balaban J connectivity index is 2.06. The molecule has 2 unspecified atom stereocenters. The molecular formula is C27H43N3O5. The van der Waals surface area contributed by atoms with Crippen molar-refractivity contribution >= 4 is 17.7 Å². The predicted octanol–water partition coefficient (Wildman–Crippen LogP) is 2.37. The zero-order valence-corrected chi connectivity index (χ0v) is 21.9. The standard InChI is InChI=1S/C27H43N3O5/c1-7-14-28(15-8-2)23(32)20-21-24(33)30(17-10-11-18-31)22(25(34)29(16-9-3)19(4)5)27(21)13-12-26(20,6)35-27/h7,9,19-22,31H,1,3,8,10-18H2,2,4-6H3/t20-,21+,22?,26+,27?/m1/s1. The summed E-state index contributed by atoms with van der Waals surface area (Å²) in [6, 6.07) is -0.871. The molecule has 196 valence electrons. The number of likely N-dealkylation sites (tertiary alicyclic amines) is 1. The summed E-state index contributed by atoms with van der Waals surface area (Å²) in [5, 5.41) is 9.32. The van der Waals surface area contributed by atoms with Crippen LogP contribution in [0.4, 0.5) is 0 Å². The smallest absolute Gasteiger partial charge is 0.248 e. The van der Waals surface area contributed by atoms with Crippen molar-refractivity contribution in [1.29, 1.82) is 0 Å². The summed E-state index contributed by atoms with van der Waals surface area (Å²) in [6.45, 7) is 17.2. The van der Waals surface area contributed by atoms with Gasteiger partial charge in [0.1, 0.15) is 11.6 Å². The molecule has 0 aromatic carbocycles. The summed E-state index contributed by atoms with van der Waals surface area (Å²) >= 11 is 0. The zero-order valence-electron chi connectivity index (χ0n) is 21.9. The first-order chi connectivity index (χ1) is 16.6. The molecule has 3 rings (SSSR count). The number of hydrogen-bond donors (Lipinski definition) is 1. The van der Waals surface area contributed by atoms with Gasteiger partial charge in [-0.25, -0.2) is 0 Å². The van der Waals surface area contributed by atoms with Crippen molar-refractivity contribution in [2.45, 2.75) is 83.1 Å². The third-order valence-electron chi connectivity index (χ3n) is 7.97. The molecule has 3 heterocycles. The molecule has 0 radical (unpaired) electrons. The van der Waals surface area contributed by atoms with Crippen LogP contribution in [0.2, 0.25) is 0 Å². The van der Waals surface area contributed by atoms with Crippen LogP contribution in [-0.2, 0) is 19.1 Å². The van der Waals surface area contributed by atoms with Crippen molar-refractivity contribution < 1.29 is 24.2 Å². The first-order valence-electron chi connectivity index (χ1n) is 13.1. The fourth-order valence-electron chi connectivity index (χ4n) is 6.48. The fraction of sp³-hybridized carbons (Fsp3) is 0.741. The van der Waals surface area contributed by atoms with E-state index in [-0.39, 0.29) is 30.4 Å². The quantitative estimate of drug-likeness (QED) is 0.317. The van der Waals surface area contributed by atoms with Gasteiger partial charge in [-0.1, -0.05) is 19.1 Å². The van der Waals surface area contributed by atoms with Crippen LogP contribution in [0, 0.1) is 11.8 Å². The minimum absolute atomic E-state index is 0.0208. The Morgan fingerprint density at radius 1 is 1.20 bits per heavy atom. The lowest BCUT2D eigenvalue weighted by Crippen LogP contribution is -2.57. The van der Waals surface area contributed by atoms with Crippen LogP contribution < -0.4 is 0 Å². The van der Waals surface area contributed by atoms with E-state index >= 15 is 0 Å². The van der Waals surface area contributed by atoms with Gasteiger partial charge in [0.25, 0.3) is 0 Å². The maximum atomic E-state index is 14.1. The number of nitrogens with zero attached hydrogens (tertiary/aromatic N) is 3. The topological polar surface area (TPSA) is 90.4 Å². The normalized spacial score (nSPS) is 31.1. The molecule has 3 amide bonds. The lowest BCUT2D eigenvalue weighted by Gasteiger charge is -2.38. The molecule has 3 aliphatic heterocycles. The number of carbonyl (C=O) groups excluding carboxylic acids is 3. The van der Waals surface area contributed by atoms with E-state index in [2.05, 4.69) is 13.2 Å². The second-order valence-electron chi connectivity index (χ2n) is 10.6. The molecule has 0 aromatic rings. The highest BCUT2D eigenvalue weighted by atomic mass is 16.5. The van der Waals surface area contributed by atoms with E-state index in [1.807, 2.05) is 27.7 Å². The highest BCUT2D eigenvalue weighted by Gasteiger charge is 2.78. The van der Waals surface area contributed by atoms with E-state index in [9.17, 15) is 19.5 Å². The first-order valence-corrected chi connectivity index (χ1v) is 13.1. The molecule has 5 atom stereocenters. The molecule has 0 saturated carbocycles. The second kappa shape index (κ2) is 10.8. The van der Waals surface area contributed by atoms with Crippen LogP contribution in [0.5, 0.6) is 0 Å². The van der Waals surface area contributed by atoms with E-state index in [1.165, 1.54) is 0 Å². The van der Waals surface area contributed by atoms with Gasteiger partial charge in [-0.05, 0) is 52.9 Å². The molecule has 35 heavy (non-hydrogen) atoms. The summed E-state index contributed by atoms with van der Waals surface area (Å²) in [6.07, 6.45) is 6.50. The van der Waals surface area contributed by atoms with Crippen LogP contribution in [-0.4, -0.2) is 93.6 Å². The van der Waals surface area contributed by atoms with Crippen LogP contribution in [0.25, 0.3) is 0 Å². The van der Waals surface area contributed by atoms with Crippen molar-refractivity contribution in [1.82, 2.24) is 14.7 Å². The average Bonchev–Trinajstić information content (AvgIpc) is 3.37. The van der Waals surface area contributed by atoms with E-state index in [0.717, 1.165) is 6.42 Å². The Morgan fingerprint density at radius 3 is 2.46 bits per heavy atom. The summed E-state index contributed by atoms with van der Waals surface area (Å²) < 4.78 is 6.70. The van der Waals surface area contributed by atoms with Crippen molar-refractivity contribution in [3.8, 4) is 0 Å². The number of aliphatic hydroxyl groups is 1. The third kappa shape index (κ3) is 4.55. The van der Waals surface area contributed by atoms with Crippen molar-refractivity contribution in [3.63, 3.8) is 0 Å². The average molecular weight is 490 g/mol. The van der Waals surface area contributed by atoms with Gasteiger partial charge in [-0.15, -0.1) is 13.2 Å². The third-order valence-corrected chi connectivity index (χ3v) is 7.97. The Bertz CT molecular complexity index is 845. The van der Waals surface area contributed by atoms with Gasteiger partial charge in [-0.3, -0.25) is 14.4 Å². The molecule has 8 heteroatoms. The van der Waals surface area contributed by atoms with Crippen molar-refractivity contribution in [2.75, 3.05) is 32.8 Å². The number of amides is 3. The Labute approximate surface area is 210 Å². The van der Waals surface area contributed by atoms with Crippen LogP contribution in [0.15, 0.2) is 25.3 Å². The molecule has 0 aliphatic carbocycles. The van der Waals surface area contributed by atoms with E-state index < -0.39 is 29.1 Å². The fourth-order valence-corrected chi connectivity index (χ4v) is 6.48. The number of aliphatic hydroxyl groups excluding tert-OH is 1. The molecule has 3 saturated heterocycles. The van der Waals surface area contributed by atoms with Crippen LogP contribution >= 0.6 is 0 Å². The molecule has 1 N–H and O–H groups in total. The number of ether oxygens (including phenoxy) is 1. The number of rotatable bonds is 13. The van der Waals surface area contributed by atoms with Gasteiger partial charge in [0.05, 0.1) is 17.4 Å². The Morgan fingerprint density at radius 2 is 1.89 bits per heavy atom. The number of fused-ring (bicyclic) bond motifs is 1. The lowest BCUT2D eigenvalue weighted by atomic mass is 9.66. The molecule has 1 spiro atoms. The molecule has 3 fully saturated rings. The summed E-state index contributed by atoms with van der Waals surface area (Å²) in [5.74, 6) is -1.77. The first kappa shape index (κ1) is 27.4. The van der Waals surface area contributed by atoms with Crippen molar-refractivity contribution in [3.05, 3.63) is 25.3 Å². The van der Waals surface area contributed by atoms with Gasteiger partial charge in [-0.2, -0.15) is 0 Å². The summed E-state index contributed by atoms with van der Waals surface area (Å²) in [4.78, 5) is 47.1. The zero-order chi connectivity index (χ0) is 26.0. The van der Waals surface area contributed by atoms with Crippen molar-refractivity contribution in [2.24, 2.45) is 11.8 Å². The SMILES string of the molecule is C=CCN(CCC)C(=O)[C@H]1[C@H]2C(=O)N(CCCCO)C(C(=O)N(CC=C)C(C)C)C23CC[C@]1(C)O3. The number of carbonyl (C=O) groups is 3. The van der Waals surface area contributed by atoms with Gasteiger partial charge in [0.2, 0.25) is 17.7 Å². The van der Waals surface area contributed by atoms with E-state index in [4.69, 9.17) is 4.74 Å². The predicted molar refractivity (Wildman–Crippen MR) is 134 cm³/mol. The highest BCUT2D eigenvalue weighted by molar-refractivity contribution is 5.99. The minimum Gasteiger partial charge on any atom is -0.396 e. The van der Waals surface area contributed by atoms with Gasteiger partial charge in [0, 0.05) is 38.8 Å². The van der Waals surface area contributed by atoms with Gasteiger partial charge < -0.3 is 24.5 Å². The van der Waals surface area contributed by atoms with Crippen LogP contribution in [0.3, 0.4) is 0 Å². The highest BCUT2D eigenvalue weighted by Crippen LogP contribution is 2.63. The molecular weight excluding hydrogens is 446 g/mol. The Kier molecular flexibility index (Phi) is 8.48. The maximum absolute atomic E-state index is 14.1. The maximum Gasteiger partial charge on any atom is 0.248 e. The minimum atomic E-state index is -1.02. The van der Waals surface area contributed by atoms with Gasteiger partial charge >= 0.3 is 0 Å². The molecule has 0 aromatic heterocycles.